The SMILES string of the molecule is C=CC(NN)C(CCC)OCC. The quantitative estimate of drug-likeness (QED) is 0.345. The minimum absolute atomic E-state index is 0.0601. The molecule has 3 N–H and O–H groups in total. The second-order valence-electron chi connectivity index (χ2n) is 2.71. The van der Waals surface area contributed by atoms with Crippen molar-refractivity contribution >= 4 is 0 Å². The maximum atomic E-state index is 5.51. The molecule has 3 heteroatoms. The summed E-state index contributed by atoms with van der Waals surface area (Å²) in [5.41, 5.74) is 2.68. The molecule has 0 spiro atoms. The third kappa shape index (κ3) is 3.85. The van der Waals surface area contributed by atoms with Gasteiger partial charge >= 0.3 is 0 Å². The highest BCUT2D eigenvalue weighted by atomic mass is 16.5. The molecule has 0 aromatic rings. The molecule has 0 heterocycles. The van der Waals surface area contributed by atoms with Gasteiger partial charge in [0.15, 0.2) is 0 Å². The fourth-order valence-electron chi connectivity index (χ4n) is 1.19. The van der Waals surface area contributed by atoms with E-state index in [9.17, 15) is 0 Å². The lowest BCUT2D eigenvalue weighted by Crippen LogP contribution is -2.43. The Balaban J connectivity index is 3.94. The predicted octanol–water partition coefficient (Wildman–Crippen LogP) is 1.21. The number of hydrogen-bond acceptors (Lipinski definition) is 3. The maximum absolute atomic E-state index is 5.51. The molecular formula is C9H20N2O. The Hall–Kier alpha value is -0.380. The molecule has 72 valence electrons. The molecule has 0 saturated carbocycles. The van der Waals surface area contributed by atoms with Crippen LogP contribution in [0, 0.1) is 0 Å². The van der Waals surface area contributed by atoms with Crippen LogP contribution in [0.5, 0.6) is 0 Å². The summed E-state index contributed by atoms with van der Waals surface area (Å²) in [6, 6.07) is 0.0601. The van der Waals surface area contributed by atoms with Crippen molar-refractivity contribution < 1.29 is 4.74 Å². The van der Waals surface area contributed by atoms with Crippen LogP contribution in [0.1, 0.15) is 26.7 Å². The Morgan fingerprint density at radius 3 is 2.58 bits per heavy atom. The van der Waals surface area contributed by atoms with E-state index in [-0.39, 0.29) is 12.1 Å². The summed E-state index contributed by atoms with van der Waals surface area (Å²) < 4.78 is 5.51. The molecule has 0 aliphatic rings. The summed E-state index contributed by atoms with van der Waals surface area (Å²) in [4.78, 5) is 0. The lowest BCUT2D eigenvalue weighted by molar-refractivity contribution is 0.0396. The van der Waals surface area contributed by atoms with Crippen LogP contribution in [0.15, 0.2) is 12.7 Å². The van der Waals surface area contributed by atoms with Crippen LogP contribution < -0.4 is 11.3 Å². The van der Waals surface area contributed by atoms with Crippen LogP contribution in [-0.4, -0.2) is 18.8 Å². The van der Waals surface area contributed by atoms with E-state index in [1.165, 1.54) is 0 Å². The molecule has 0 aromatic heterocycles. The highest BCUT2D eigenvalue weighted by Crippen LogP contribution is 2.07. The molecule has 2 atom stereocenters. The Kier molecular flexibility index (Phi) is 7.05. The summed E-state index contributed by atoms with van der Waals surface area (Å²) in [6.07, 6.45) is 4.05. The average molecular weight is 172 g/mol. The Morgan fingerprint density at radius 1 is 1.58 bits per heavy atom. The number of hydrogen-bond donors (Lipinski definition) is 2. The molecule has 0 aliphatic heterocycles. The molecule has 12 heavy (non-hydrogen) atoms. The second-order valence-corrected chi connectivity index (χ2v) is 2.71. The second kappa shape index (κ2) is 7.28. The zero-order valence-electron chi connectivity index (χ0n) is 8.05. The molecule has 0 amide bonds. The first-order chi connectivity index (χ1) is 5.79. The van der Waals surface area contributed by atoms with E-state index in [4.69, 9.17) is 10.6 Å². The highest BCUT2D eigenvalue weighted by molar-refractivity contribution is 4.90. The normalized spacial score (nSPS) is 15.6. The van der Waals surface area contributed by atoms with Gasteiger partial charge in [-0.2, -0.15) is 0 Å². The molecule has 0 bridgehead atoms. The molecule has 0 fully saturated rings. The highest BCUT2D eigenvalue weighted by Gasteiger charge is 2.15. The minimum atomic E-state index is 0.0601. The van der Waals surface area contributed by atoms with Crippen molar-refractivity contribution in [3.63, 3.8) is 0 Å². The van der Waals surface area contributed by atoms with Crippen molar-refractivity contribution in [2.45, 2.75) is 38.8 Å². The topological polar surface area (TPSA) is 47.3 Å². The van der Waals surface area contributed by atoms with Crippen LogP contribution in [0.2, 0.25) is 0 Å². The summed E-state index contributed by atoms with van der Waals surface area (Å²) in [5, 5.41) is 0. The zero-order chi connectivity index (χ0) is 9.40. The van der Waals surface area contributed by atoms with Crippen LogP contribution in [0.4, 0.5) is 0 Å². The first-order valence-electron chi connectivity index (χ1n) is 4.50. The van der Waals surface area contributed by atoms with Gasteiger partial charge in [0.2, 0.25) is 0 Å². The van der Waals surface area contributed by atoms with Gasteiger partial charge in [-0.25, -0.2) is 0 Å². The monoisotopic (exact) mass is 172 g/mol. The van der Waals surface area contributed by atoms with Crippen molar-refractivity contribution in [3.05, 3.63) is 12.7 Å². The zero-order valence-corrected chi connectivity index (χ0v) is 8.05. The molecule has 0 rings (SSSR count). The number of rotatable bonds is 7. The van der Waals surface area contributed by atoms with E-state index in [0.717, 1.165) is 19.4 Å². The number of ether oxygens (including phenoxy) is 1. The maximum Gasteiger partial charge on any atom is 0.0776 e. The van der Waals surface area contributed by atoms with Gasteiger partial charge < -0.3 is 4.74 Å². The number of hydrazine groups is 1. The Labute approximate surface area is 74.9 Å². The third-order valence-corrected chi connectivity index (χ3v) is 1.80. The van der Waals surface area contributed by atoms with Crippen molar-refractivity contribution in [1.29, 1.82) is 0 Å². The summed E-state index contributed by atoms with van der Waals surface area (Å²) >= 11 is 0. The van der Waals surface area contributed by atoms with E-state index in [0.29, 0.717) is 0 Å². The number of nitrogens with two attached hydrogens (primary N) is 1. The third-order valence-electron chi connectivity index (χ3n) is 1.80. The Bertz CT molecular complexity index is 111. The van der Waals surface area contributed by atoms with E-state index < -0.39 is 0 Å². The summed E-state index contributed by atoms with van der Waals surface area (Å²) in [7, 11) is 0. The van der Waals surface area contributed by atoms with E-state index in [2.05, 4.69) is 18.9 Å². The fraction of sp³-hybridized carbons (Fsp3) is 0.778. The van der Waals surface area contributed by atoms with Crippen molar-refractivity contribution in [2.24, 2.45) is 5.84 Å². The van der Waals surface area contributed by atoms with Gasteiger partial charge in [0.05, 0.1) is 12.1 Å². The molecule has 0 radical (unpaired) electrons. The van der Waals surface area contributed by atoms with E-state index in [1.807, 2.05) is 6.92 Å². The van der Waals surface area contributed by atoms with Crippen LogP contribution in [0.25, 0.3) is 0 Å². The fourth-order valence-corrected chi connectivity index (χ4v) is 1.19. The summed E-state index contributed by atoms with van der Waals surface area (Å²) in [6.45, 7) is 8.53. The standard InChI is InChI=1S/C9H20N2O/c1-4-7-9(12-6-3)8(5-2)11-10/h5,8-9,11H,2,4,6-7,10H2,1,3H3. The van der Waals surface area contributed by atoms with Gasteiger partial charge in [0.1, 0.15) is 0 Å². The lowest BCUT2D eigenvalue weighted by Gasteiger charge is -2.23. The van der Waals surface area contributed by atoms with Gasteiger partial charge in [0, 0.05) is 6.61 Å². The van der Waals surface area contributed by atoms with Crippen LogP contribution in [0.3, 0.4) is 0 Å². The van der Waals surface area contributed by atoms with Gasteiger partial charge in [-0.15, -0.1) is 6.58 Å². The van der Waals surface area contributed by atoms with E-state index in [1.54, 1.807) is 6.08 Å². The van der Waals surface area contributed by atoms with Gasteiger partial charge in [-0.1, -0.05) is 19.4 Å². The minimum Gasteiger partial charge on any atom is -0.376 e. The lowest BCUT2D eigenvalue weighted by atomic mass is 10.1. The van der Waals surface area contributed by atoms with Gasteiger partial charge in [-0.3, -0.25) is 11.3 Å². The first kappa shape index (κ1) is 11.6. The van der Waals surface area contributed by atoms with Gasteiger partial charge in [0.25, 0.3) is 0 Å². The molecule has 0 aliphatic carbocycles. The van der Waals surface area contributed by atoms with Crippen molar-refractivity contribution in [3.8, 4) is 0 Å². The molecule has 3 nitrogen and oxygen atoms in total. The smallest absolute Gasteiger partial charge is 0.0776 e. The largest absolute Gasteiger partial charge is 0.376 e. The number of nitrogens with one attached hydrogen (secondary N) is 1. The molecule has 0 aromatic carbocycles. The Morgan fingerprint density at radius 2 is 2.25 bits per heavy atom. The first-order valence-corrected chi connectivity index (χ1v) is 4.50. The predicted molar refractivity (Wildman–Crippen MR) is 51.6 cm³/mol. The molecule has 2 unspecified atom stereocenters. The van der Waals surface area contributed by atoms with Gasteiger partial charge in [-0.05, 0) is 13.3 Å². The van der Waals surface area contributed by atoms with Crippen molar-refractivity contribution in [2.75, 3.05) is 6.61 Å². The van der Waals surface area contributed by atoms with Crippen LogP contribution >= 0.6 is 0 Å². The van der Waals surface area contributed by atoms with Crippen LogP contribution in [-0.2, 0) is 4.74 Å². The molecule has 0 saturated heterocycles. The van der Waals surface area contributed by atoms with Crippen molar-refractivity contribution in [1.82, 2.24) is 5.43 Å². The van der Waals surface area contributed by atoms with E-state index >= 15 is 0 Å². The molecular weight excluding hydrogens is 152 g/mol. The average Bonchev–Trinajstić information content (AvgIpc) is 2.07. The summed E-state index contributed by atoms with van der Waals surface area (Å²) in [5.74, 6) is 5.34.